The predicted octanol–water partition coefficient (Wildman–Crippen LogP) is 0.914. The zero-order valence-corrected chi connectivity index (χ0v) is 7.26. The van der Waals surface area contributed by atoms with Gasteiger partial charge in [-0.1, -0.05) is 0 Å². The molecule has 0 aliphatic carbocycles. The highest BCUT2D eigenvalue weighted by atomic mass is 35.5. The minimum atomic E-state index is 0. The van der Waals surface area contributed by atoms with Gasteiger partial charge in [0.15, 0.2) is 5.13 Å². The first kappa shape index (κ1) is 9.68. The molecule has 0 saturated carbocycles. The van der Waals surface area contributed by atoms with Crippen LogP contribution >= 0.6 is 23.7 Å². The molecule has 1 heterocycles. The van der Waals surface area contributed by atoms with Crippen molar-refractivity contribution in [1.82, 2.24) is 4.98 Å². The number of halogens is 1. The van der Waals surface area contributed by atoms with Crippen LogP contribution in [0, 0.1) is 6.92 Å². The van der Waals surface area contributed by atoms with Crippen molar-refractivity contribution in [3.05, 3.63) is 10.6 Å². The van der Waals surface area contributed by atoms with Crippen LogP contribution in [0.1, 0.15) is 10.6 Å². The van der Waals surface area contributed by atoms with Crippen molar-refractivity contribution in [2.75, 3.05) is 5.73 Å². The molecule has 1 aromatic heterocycles. The summed E-state index contributed by atoms with van der Waals surface area (Å²) in [6, 6.07) is 0. The summed E-state index contributed by atoms with van der Waals surface area (Å²) in [5, 5.41) is 0.605. The van der Waals surface area contributed by atoms with E-state index in [0.29, 0.717) is 11.7 Å². The van der Waals surface area contributed by atoms with E-state index in [1.807, 2.05) is 6.92 Å². The van der Waals surface area contributed by atoms with E-state index >= 15 is 0 Å². The summed E-state index contributed by atoms with van der Waals surface area (Å²) < 4.78 is 0. The monoisotopic (exact) mass is 179 g/mol. The van der Waals surface area contributed by atoms with E-state index < -0.39 is 0 Å². The van der Waals surface area contributed by atoms with Crippen molar-refractivity contribution in [1.29, 1.82) is 0 Å². The van der Waals surface area contributed by atoms with E-state index in [9.17, 15) is 0 Å². The summed E-state index contributed by atoms with van der Waals surface area (Å²) in [6.07, 6.45) is 0. The third-order valence-corrected chi connectivity index (χ3v) is 2.10. The number of nitrogens with zero attached hydrogens (tertiary/aromatic N) is 1. The Hall–Kier alpha value is -0.320. The average Bonchev–Trinajstić information content (AvgIpc) is 2.10. The van der Waals surface area contributed by atoms with Crippen molar-refractivity contribution in [2.24, 2.45) is 5.73 Å². The number of aromatic nitrogens is 1. The van der Waals surface area contributed by atoms with Crippen LogP contribution in [0.2, 0.25) is 0 Å². The van der Waals surface area contributed by atoms with Crippen molar-refractivity contribution in [2.45, 2.75) is 13.5 Å². The minimum Gasteiger partial charge on any atom is -0.375 e. The van der Waals surface area contributed by atoms with Crippen LogP contribution in [-0.4, -0.2) is 4.98 Å². The lowest BCUT2D eigenvalue weighted by Crippen LogP contribution is -1.94. The normalized spacial score (nSPS) is 9.00. The third kappa shape index (κ3) is 1.83. The van der Waals surface area contributed by atoms with Gasteiger partial charge in [0.1, 0.15) is 0 Å². The van der Waals surface area contributed by atoms with Crippen LogP contribution in [-0.2, 0) is 6.54 Å². The second-order valence-electron chi connectivity index (χ2n) is 1.76. The van der Waals surface area contributed by atoms with Gasteiger partial charge in [-0.15, -0.1) is 23.7 Å². The standard InChI is InChI=1S/C5H9N3S.ClH/c1-3-4(2-6)9-5(7)8-3;/h2,6H2,1H3,(H2,7,8);1H. The van der Waals surface area contributed by atoms with Gasteiger partial charge in [-0.05, 0) is 6.92 Å². The van der Waals surface area contributed by atoms with Crippen molar-refractivity contribution >= 4 is 28.9 Å². The first-order valence-corrected chi connectivity index (χ1v) is 3.47. The number of nitrogen functional groups attached to an aromatic ring is 1. The highest BCUT2D eigenvalue weighted by Gasteiger charge is 2.00. The number of hydrogen-bond donors (Lipinski definition) is 2. The molecule has 10 heavy (non-hydrogen) atoms. The Morgan fingerprint density at radius 2 is 2.20 bits per heavy atom. The maximum absolute atomic E-state index is 5.41. The SMILES string of the molecule is Cc1nc(N)sc1CN.Cl. The Morgan fingerprint density at radius 1 is 1.60 bits per heavy atom. The Kier molecular flexibility index (Phi) is 3.63. The molecule has 0 aliphatic rings. The van der Waals surface area contributed by atoms with Crippen LogP contribution in [0.4, 0.5) is 5.13 Å². The van der Waals surface area contributed by atoms with Gasteiger partial charge < -0.3 is 11.5 Å². The number of rotatable bonds is 1. The fourth-order valence-corrected chi connectivity index (χ4v) is 1.35. The van der Waals surface area contributed by atoms with Crippen LogP contribution in [0.25, 0.3) is 0 Å². The minimum absolute atomic E-state index is 0. The maximum Gasteiger partial charge on any atom is 0.180 e. The van der Waals surface area contributed by atoms with E-state index in [0.717, 1.165) is 10.6 Å². The lowest BCUT2D eigenvalue weighted by Gasteiger charge is -1.85. The molecule has 3 nitrogen and oxygen atoms in total. The maximum atomic E-state index is 5.41. The average molecular weight is 180 g/mol. The number of hydrogen-bond acceptors (Lipinski definition) is 4. The molecule has 0 unspecified atom stereocenters. The quantitative estimate of drug-likeness (QED) is 0.674. The van der Waals surface area contributed by atoms with Gasteiger partial charge >= 0.3 is 0 Å². The first-order chi connectivity index (χ1) is 4.24. The summed E-state index contributed by atoms with van der Waals surface area (Å²) >= 11 is 1.46. The lowest BCUT2D eigenvalue weighted by molar-refractivity contribution is 1.06. The molecular weight excluding hydrogens is 170 g/mol. The highest BCUT2D eigenvalue weighted by Crippen LogP contribution is 2.17. The van der Waals surface area contributed by atoms with Gasteiger partial charge in [0.2, 0.25) is 0 Å². The molecule has 0 aliphatic heterocycles. The van der Waals surface area contributed by atoms with Crippen LogP contribution in [0.3, 0.4) is 0 Å². The summed E-state index contributed by atoms with van der Waals surface area (Å²) in [7, 11) is 0. The van der Waals surface area contributed by atoms with Crippen molar-refractivity contribution in [3.63, 3.8) is 0 Å². The zero-order valence-electron chi connectivity index (χ0n) is 5.63. The largest absolute Gasteiger partial charge is 0.375 e. The molecule has 0 aromatic carbocycles. The molecule has 0 atom stereocenters. The number of nitrogens with two attached hydrogens (primary N) is 2. The fraction of sp³-hybridized carbons (Fsp3) is 0.400. The molecule has 0 radical (unpaired) electrons. The molecule has 5 heteroatoms. The highest BCUT2D eigenvalue weighted by molar-refractivity contribution is 7.15. The Morgan fingerprint density at radius 3 is 2.40 bits per heavy atom. The Bertz CT molecular complexity index is 211. The van der Waals surface area contributed by atoms with Gasteiger partial charge in [-0.25, -0.2) is 4.98 Å². The lowest BCUT2D eigenvalue weighted by atomic mass is 10.4. The molecule has 0 saturated heterocycles. The van der Waals surface area contributed by atoms with E-state index in [-0.39, 0.29) is 12.4 Å². The van der Waals surface area contributed by atoms with Crippen molar-refractivity contribution in [3.8, 4) is 0 Å². The Balaban J connectivity index is 0.000000810. The predicted molar refractivity (Wildman–Crippen MR) is 46.4 cm³/mol. The third-order valence-electron chi connectivity index (χ3n) is 1.09. The molecule has 1 aromatic rings. The van der Waals surface area contributed by atoms with Crippen molar-refractivity contribution < 1.29 is 0 Å². The second kappa shape index (κ2) is 3.75. The molecular formula is C5H10ClN3S. The van der Waals surface area contributed by atoms with Gasteiger partial charge in [0.05, 0.1) is 5.69 Å². The van der Waals surface area contributed by atoms with Gasteiger partial charge in [-0.3, -0.25) is 0 Å². The summed E-state index contributed by atoms with van der Waals surface area (Å²) in [6.45, 7) is 2.45. The van der Waals surface area contributed by atoms with E-state index in [1.54, 1.807) is 0 Å². The van der Waals surface area contributed by atoms with Gasteiger partial charge in [-0.2, -0.15) is 0 Å². The van der Waals surface area contributed by atoms with Gasteiger partial charge in [0.25, 0.3) is 0 Å². The molecule has 0 fully saturated rings. The number of thiazole rings is 1. The summed E-state index contributed by atoms with van der Waals surface area (Å²) in [4.78, 5) is 5.07. The fourth-order valence-electron chi connectivity index (χ4n) is 0.640. The Labute approximate surface area is 69.9 Å². The molecule has 1 rings (SSSR count). The molecule has 0 bridgehead atoms. The zero-order chi connectivity index (χ0) is 6.85. The number of aryl methyl sites for hydroxylation is 1. The topological polar surface area (TPSA) is 64.9 Å². The first-order valence-electron chi connectivity index (χ1n) is 2.66. The molecule has 4 N–H and O–H groups in total. The van der Waals surface area contributed by atoms with E-state index in [1.165, 1.54) is 11.3 Å². The smallest absolute Gasteiger partial charge is 0.180 e. The molecule has 0 amide bonds. The van der Waals surface area contributed by atoms with E-state index in [4.69, 9.17) is 11.5 Å². The van der Waals surface area contributed by atoms with Crippen LogP contribution < -0.4 is 11.5 Å². The molecule has 58 valence electrons. The summed E-state index contributed by atoms with van der Waals surface area (Å²) in [5.74, 6) is 0. The number of anilines is 1. The summed E-state index contributed by atoms with van der Waals surface area (Å²) in [5.41, 5.74) is 11.7. The van der Waals surface area contributed by atoms with Crippen LogP contribution in [0.5, 0.6) is 0 Å². The van der Waals surface area contributed by atoms with Gasteiger partial charge in [0, 0.05) is 11.4 Å². The van der Waals surface area contributed by atoms with E-state index in [2.05, 4.69) is 4.98 Å². The van der Waals surface area contributed by atoms with Crippen LogP contribution in [0.15, 0.2) is 0 Å². The molecule has 0 spiro atoms. The second-order valence-corrected chi connectivity index (χ2v) is 2.88.